The van der Waals surface area contributed by atoms with E-state index in [9.17, 15) is 0 Å². The SMILES string of the molecule is C1=CC2=Nc3c(c4cc5c(c6c7cc(-c8ccc9ccccc9c8)ccc7n3c46)C3C=CC=CC3O5)NC2C=C1. The lowest BCUT2D eigenvalue weighted by Crippen LogP contribution is -2.29. The van der Waals surface area contributed by atoms with Gasteiger partial charge in [-0.25, -0.2) is 4.99 Å². The Morgan fingerprint density at radius 1 is 0.775 bits per heavy atom. The van der Waals surface area contributed by atoms with Gasteiger partial charge in [-0.05, 0) is 58.3 Å². The molecule has 4 aromatic carbocycles. The van der Waals surface area contributed by atoms with E-state index in [2.05, 4.69) is 125 Å². The van der Waals surface area contributed by atoms with Crippen LogP contribution in [0.15, 0.2) is 120 Å². The van der Waals surface area contributed by atoms with Crippen LogP contribution in [-0.4, -0.2) is 22.3 Å². The number of nitrogens with one attached hydrogen (secondary N) is 1. The second-order valence-electron chi connectivity index (χ2n) is 11.2. The maximum Gasteiger partial charge on any atom is 0.162 e. The van der Waals surface area contributed by atoms with E-state index in [1.54, 1.807) is 0 Å². The molecular formula is C36H23N3O. The van der Waals surface area contributed by atoms with Crippen molar-refractivity contribution in [2.45, 2.75) is 18.1 Å². The Morgan fingerprint density at radius 3 is 2.60 bits per heavy atom. The summed E-state index contributed by atoms with van der Waals surface area (Å²) < 4.78 is 8.97. The van der Waals surface area contributed by atoms with Crippen LogP contribution in [0.2, 0.25) is 0 Å². The highest BCUT2D eigenvalue weighted by Crippen LogP contribution is 2.54. The lowest BCUT2D eigenvalue weighted by molar-refractivity contribution is 0.269. The minimum absolute atomic E-state index is 0.0313. The van der Waals surface area contributed by atoms with E-state index in [1.165, 1.54) is 54.7 Å². The molecule has 6 aromatic rings. The first kappa shape index (κ1) is 20.8. The molecule has 1 N–H and O–H groups in total. The molecule has 0 saturated carbocycles. The number of aliphatic imine (C=N–C) groups is 1. The molecule has 3 unspecified atom stereocenters. The first-order chi connectivity index (χ1) is 19.8. The summed E-state index contributed by atoms with van der Waals surface area (Å²) in [6, 6.07) is 24.5. The third-order valence-corrected chi connectivity index (χ3v) is 9.04. The van der Waals surface area contributed by atoms with Gasteiger partial charge in [0.2, 0.25) is 0 Å². The van der Waals surface area contributed by atoms with Gasteiger partial charge in [-0.15, -0.1) is 0 Å². The van der Waals surface area contributed by atoms with Gasteiger partial charge in [-0.2, -0.15) is 0 Å². The first-order valence-corrected chi connectivity index (χ1v) is 13.9. The number of hydrogen-bond donors (Lipinski definition) is 1. The molecule has 2 aliphatic heterocycles. The fourth-order valence-corrected chi connectivity index (χ4v) is 7.23. The van der Waals surface area contributed by atoms with Crippen LogP contribution < -0.4 is 10.1 Å². The normalized spacial score (nSPS) is 21.9. The van der Waals surface area contributed by atoms with Crippen LogP contribution in [-0.2, 0) is 0 Å². The number of hydrogen-bond acceptors (Lipinski definition) is 3. The van der Waals surface area contributed by atoms with Crippen LogP contribution in [0.4, 0.5) is 11.5 Å². The topological polar surface area (TPSA) is 38.0 Å². The van der Waals surface area contributed by atoms with Crippen molar-refractivity contribution < 1.29 is 4.74 Å². The minimum atomic E-state index is 0.0313. The average molecular weight is 514 g/mol. The van der Waals surface area contributed by atoms with Gasteiger partial charge in [-0.3, -0.25) is 4.40 Å². The van der Waals surface area contributed by atoms with Gasteiger partial charge in [0.05, 0.1) is 28.5 Å². The number of ether oxygens (including phenoxy) is 1. The molecule has 2 aromatic heterocycles. The lowest BCUT2D eigenvalue weighted by Gasteiger charge is -2.23. The summed E-state index contributed by atoms with van der Waals surface area (Å²) in [5.74, 6) is 2.15. The molecule has 0 spiro atoms. The van der Waals surface area contributed by atoms with Gasteiger partial charge in [0.25, 0.3) is 0 Å². The average Bonchev–Trinajstić information content (AvgIpc) is 3.65. The Hall–Kier alpha value is -5.09. The van der Waals surface area contributed by atoms with E-state index in [-0.39, 0.29) is 18.1 Å². The molecule has 3 atom stereocenters. The fraction of sp³-hybridized carbons (Fsp3) is 0.0833. The van der Waals surface area contributed by atoms with Gasteiger partial charge < -0.3 is 10.1 Å². The quantitative estimate of drug-likeness (QED) is 0.239. The van der Waals surface area contributed by atoms with E-state index in [1.807, 2.05) is 0 Å². The number of rotatable bonds is 1. The molecular weight excluding hydrogens is 490 g/mol. The van der Waals surface area contributed by atoms with Crippen molar-refractivity contribution in [2.24, 2.45) is 4.99 Å². The number of allylic oxidation sites excluding steroid dienone is 4. The Kier molecular flexibility index (Phi) is 3.80. The van der Waals surface area contributed by atoms with Crippen LogP contribution in [0, 0.1) is 0 Å². The first-order valence-electron chi connectivity index (χ1n) is 13.9. The third-order valence-electron chi connectivity index (χ3n) is 9.04. The van der Waals surface area contributed by atoms with Crippen molar-refractivity contribution in [3.8, 4) is 16.9 Å². The predicted molar refractivity (Wildman–Crippen MR) is 165 cm³/mol. The summed E-state index contributed by atoms with van der Waals surface area (Å²) in [5.41, 5.74) is 8.26. The van der Waals surface area contributed by atoms with Gasteiger partial charge in [0, 0.05) is 27.6 Å². The van der Waals surface area contributed by atoms with Crippen LogP contribution >= 0.6 is 0 Å². The fourth-order valence-electron chi connectivity index (χ4n) is 7.23. The molecule has 0 bridgehead atoms. The highest BCUT2D eigenvalue weighted by molar-refractivity contribution is 6.24. The van der Waals surface area contributed by atoms with E-state index in [4.69, 9.17) is 9.73 Å². The molecule has 40 heavy (non-hydrogen) atoms. The summed E-state index contributed by atoms with van der Waals surface area (Å²) in [6.07, 6.45) is 17.2. The highest BCUT2D eigenvalue weighted by Gasteiger charge is 2.38. The zero-order chi connectivity index (χ0) is 25.9. The minimum Gasteiger partial charge on any atom is -0.485 e. The van der Waals surface area contributed by atoms with E-state index in [0.29, 0.717) is 0 Å². The molecule has 188 valence electrons. The molecule has 10 rings (SSSR count). The molecule has 4 heteroatoms. The highest BCUT2D eigenvalue weighted by atomic mass is 16.5. The second-order valence-corrected chi connectivity index (χ2v) is 11.2. The van der Waals surface area contributed by atoms with Gasteiger partial charge >= 0.3 is 0 Å². The van der Waals surface area contributed by atoms with Crippen molar-refractivity contribution in [2.75, 3.05) is 5.32 Å². The Labute approximate surface area is 230 Å². The Bertz CT molecular complexity index is 2240. The van der Waals surface area contributed by atoms with Gasteiger partial charge in [0.1, 0.15) is 11.9 Å². The lowest BCUT2D eigenvalue weighted by atomic mass is 9.88. The molecule has 4 nitrogen and oxygen atoms in total. The molecule has 2 aliphatic carbocycles. The number of benzene rings is 4. The maximum absolute atomic E-state index is 6.59. The molecule has 0 radical (unpaired) electrons. The third kappa shape index (κ3) is 2.58. The van der Waals surface area contributed by atoms with Crippen molar-refractivity contribution in [1.82, 2.24) is 4.40 Å². The number of nitrogens with zero attached hydrogens (tertiary/aromatic N) is 2. The van der Waals surface area contributed by atoms with E-state index < -0.39 is 0 Å². The van der Waals surface area contributed by atoms with Crippen molar-refractivity contribution in [3.05, 3.63) is 121 Å². The molecule has 4 heterocycles. The van der Waals surface area contributed by atoms with E-state index >= 15 is 0 Å². The summed E-state index contributed by atoms with van der Waals surface area (Å²) >= 11 is 0. The number of aromatic nitrogens is 1. The maximum atomic E-state index is 6.59. The van der Waals surface area contributed by atoms with Crippen LogP contribution in [0.5, 0.6) is 5.75 Å². The van der Waals surface area contributed by atoms with Gasteiger partial charge in [-0.1, -0.05) is 78.9 Å². The van der Waals surface area contributed by atoms with Crippen LogP contribution in [0.1, 0.15) is 11.5 Å². The summed E-state index contributed by atoms with van der Waals surface area (Å²) in [6.45, 7) is 0. The molecule has 0 amide bonds. The monoisotopic (exact) mass is 513 g/mol. The zero-order valence-electron chi connectivity index (χ0n) is 21.5. The van der Waals surface area contributed by atoms with Crippen LogP contribution in [0.3, 0.4) is 0 Å². The second kappa shape index (κ2) is 7.30. The van der Waals surface area contributed by atoms with Crippen LogP contribution in [0.25, 0.3) is 49.1 Å². The summed E-state index contributed by atoms with van der Waals surface area (Å²) in [7, 11) is 0. The van der Waals surface area contributed by atoms with Crippen molar-refractivity contribution >= 4 is 55.2 Å². The van der Waals surface area contributed by atoms with Crippen molar-refractivity contribution in [3.63, 3.8) is 0 Å². The molecule has 4 aliphatic rings. The number of anilines is 1. The Morgan fingerprint density at radius 2 is 1.62 bits per heavy atom. The Balaban J connectivity index is 1.31. The largest absolute Gasteiger partial charge is 0.485 e. The standard InChI is InChI=1S/C36H23N3O/c1-2-8-21-17-22(14-13-20(21)7-1)23-15-16-29-25(18-23)33-32-24-9-3-6-12-30(24)40-31(32)19-26-34-36(39(29)35(26)33)38-28-11-5-4-10-27(28)37-34/h1-19,24,27,30,37H. The predicted octanol–water partition coefficient (Wildman–Crippen LogP) is 8.47. The van der Waals surface area contributed by atoms with E-state index in [0.717, 1.165) is 23.0 Å². The van der Waals surface area contributed by atoms with Crippen molar-refractivity contribution in [1.29, 1.82) is 0 Å². The van der Waals surface area contributed by atoms with Gasteiger partial charge in [0.15, 0.2) is 5.82 Å². The number of fused-ring (bicyclic) bond motifs is 12. The zero-order valence-corrected chi connectivity index (χ0v) is 21.5. The molecule has 0 saturated heterocycles. The smallest absolute Gasteiger partial charge is 0.162 e. The summed E-state index contributed by atoms with van der Waals surface area (Å²) in [4.78, 5) is 5.22. The molecule has 0 fully saturated rings. The summed E-state index contributed by atoms with van der Waals surface area (Å²) in [5, 5.41) is 10.0.